The lowest BCUT2D eigenvalue weighted by molar-refractivity contribution is 0.328. The number of anilines is 2. The molecule has 0 saturated heterocycles. The van der Waals surface area contributed by atoms with E-state index < -0.39 is 0 Å². The lowest BCUT2D eigenvalue weighted by Crippen LogP contribution is -2.20. The van der Waals surface area contributed by atoms with Gasteiger partial charge in [0.2, 0.25) is 5.88 Å². The Morgan fingerprint density at radius 2 is 2.10 bits per heavy atom. The standard InChI is InChI=1S/C15H20N4O2/c1-4-21-15-13(16)14(17-10-18-15)19(2)9-11-6-5-7-12(8-11)20-3/h5-8,10H,4,9,16H2,1-3H3. The first-order valence-electron chi connectivity index (χ1n) is 6.73. The highest BCUT2D eigenvalue weighted by Crippen LogP contribution is 2.28. The molecule has 0 unspecified atom stereocenters. The summed E-state index contributed by atoms with van der Waals surface area (Å²) in [6.07, 6.45) is 1.46. The van der Waals surface area contributed by atoms with Gasteiger partial charge >= 0.3 is 0 Å². The highest BCUT2D eigenvalue weighted by atomic mass is 16.5. The number of nitrogen functional groups attached to an aromatic ring is 1. The summed E-state index contributed by atoms with van der Waals surface area (Å²) in [6, 6.07) is 7.88. The molecule has 0 aliphatic carbocycles. The molecule has 0 spiro atoms. The van der Waals surface area contributed by atoms with Crippen LogP contribution in [-0.2, 0) is 6.54 Å². The van der Waals surface area contributed by atoms with Crippen LogP contribution in [-0.4, -0.2) is 30.7 Å². The van der Waals surface area contributed by atoms with Crippen LogP contribution in [0.2, 0.25) is 0 Å². The van der Waals surface area contributed by atoms with Gasteiger partial charge in [0.15, 0.2) is 5.82 Å². The van der Waals surface area contributed by atoms with Crippen LogP contribution < -0.4 is 20.1 Å². The molecule has 6 heteroatoms. The van der Waals surface area contributed by atoms with Crippen molar-refractivity contribution in [3.05, 3.63) is 36.2 Å². The molecule has 0 fully saturated rings. The molecule has 0 radical (unpaired) electrons. The summed E-state index contributed by atoms with van der Waals surface area (Å²) < 4.78 is 10.6. The Labute approximate surface area is 124 Å². The molecule has 2 aromatic rings. The van der Waals surface area contributed by atoms with Crippen molar-refractivity contribution in [2.45, 2.75) is 13.5 Å². The fraction of sp³-hybridized carbons (Fsp3) is 0.333. The van der Waals surface area contributed by atoms with Crippen LogP contribution in [0.25, 0.3) is 0 Å². The molecule has 1 heterocycles. The van der Waals surface area contributed by atoms with E-state index in [1.807, 2.05) is 43.1 Å². The average molecular weight is 288 g/mol. The molecule has 1 aromatic carbocycles. The zero-order valence-electron chi connectivity index (χ0n) is 12.5. The van der Waals surface area contributed by atoms with E-state index in [1.165, 1.54) is 6.33 Å². The number of nitrogens with zero attached hydrogens (tertiary/aromatic N) is 3. The van der Waals surface area contributed by atoms with Gasteiger partial charge in [-0.05, 0) is 24.6 Å². The van der Waals surface area contributed by atoms with E-state index in [9.17, 15) is 0 Å². The summed E-state index contributed by atoms with van der Waals surface area (Å²) in [6.45, 7) is 3.06. The van der Waals surface area contributed by atoms with Gasteiger partial charge in [-0.15, -0.1) is 0 Å². The van der Waals surface area contributed by atoms with Crippen molar-refractivity contribution in [1.82, 2.24) is 9.97 Å². The predicted molar refractivity (Wildman–Crippen MR) is 82.7 cm³/mol. The van der Waals surface area contributed by atoms with Crippen molar-refractivity contribution in [3.63, 3.8) is 0 Å². The second kappa shape index (κ2) is 6.78. The van der Waals surface area contributed by atoms with Crippen molar-refractivity contribution in [3.8, 4) is 11.6 Å². The van der Waals surface area contributed by atoms with Crippen LogP contribution in [0.15, 0.2) is 30.6 Å². The Kier molecular flexibility index (Phi) is 4.81. The summed E-state index contributed by atoms with van der Waals surface area (Å²) >= 11 is 0. The van der Waals surface area contributed by atoms with E-state index in [0.717, 1.165) is 11.3 Å². The van der Waals surface area contributed by atoms with Crippen molar-refractivity contribution in [1.29, 1.82) is 0 Å². The third-order valence-corrected chi connectivity index (χ3v) is 3.02. The number of methoxy groups -OCH3 is 1. The molecule has 21 heavy (non-hydrogen) atoms. The van der Waals surface area contributed by atoms with Crippen molar-refractivity contribution >= 4 is 11.5 Å². The molecule has 0 amide bonds. The Morgan fingerprint density at radius 1 is 1.29 bits per heavy atom. The minimum Gasteiger partial charge on any atom is -0.497 e. The first-order chi connectivity index (χ1) is 10.2. The number of aromatic nitrogens is 2. The first-order valence-corrected chi connectivity index (χ1v) is 6.73. The molecule has 0 aliphatic rings. The number of hydrogen-bond acceptors (Lipinski definition) is 6. The van der Waals surface area contributed by atoms with Crippen LogP contribution in [0.1, 0.15) is 12.5 Å². The maximum Gasteiger partial charge on any atom is 0.242 e. The third kappa shape index (κ3) is 3.53. The molecule has 2 rings (SSSR count). The van der Waals surface area contributed by atoms with Crippen LogP contribution in [0.5, 0.6) is 11.6 Å². The maximum atomic E-state index is 6.06. The van der Waals surface area contributed by atoms with Crippen LogP contribution in [0.3, 0.4) is 0 Å². The molecule has 6 nitrogen and oxygen atoms in total. The van der Waals surface area contributed by atoms with Gasteiger partial charge in [-0.25, -0.2) is 4.98 Å². The lowest BCUT2D eigenvalue weighted by atomic mass is 10.2. The normalized spacial score (nSPS) is 10.2. The SMILES string of the molecule is CCOc1ncnc(N(C)Cc2cccc(OC)c2)c1N. The Hall–Kier alpha value is -2.50. The lowest BCUT2D eigenvalue weighted by Gasteiger charge is -2.20. The van der Waals surface area contributed by atoms with Crippen LogP contribution >= 0.6 is 0 Å². The van der Waals surface area contributed by atoms with Gasteiger partial charge in [-0.2, -0.15) is 4.98 Å². The predicted octanol–water partition coefficient (Wildman–Crippen LogP) is 2.10. The number of ether oxygens (including phenoxy) is 2. The van der Waals surface area contributed by atoms with E-state index in [1.54, 1.807) is 7.11 Å². The van der Waals surface area contributed by atoms with Gasteiger partial charge < -0.3 is 20.1 Å². The Bertz CT molecular complexity index is 604. The molecule has 1 aromatic heterocycles. The minimum absolute atomic E-state index is 0.417. The Balaban J connectivity index is 2.19. The summed E-state index contributed by atoms with van der Waals surface area (Å²) in [5, 5.41) is 0. The fourth-order valence-corrected chi connectivity index (χ4v) is 2.05. The second-order valence-electron chi connectivity index (χ2n) is 4.56. The number of benzene rings is 1. The smallest absolute Gasteiger partial charge is 0.242 e. The van der Waals surface area contributed by atoms with E-state index in [-0.39, 0.29) is 0 Å². The summed E-state index contributed by atoms with van der Waals surface area (Å²) in [4.78, 5) is 10.2. The fourth-order valence-electron chi connectivity index (χ4n) is 2.05. The topological polar surface area (TPSA) is 73.5 Å². The summed E-state index contributed by atoms with van der Waals surface area (Å²) in [5.74, 6) is 1.89. The first kappa shape index (κ1) is 14.9. The molecule has 0 aliphatic heterocycles. The van der Waals surface area contributed by atoms with E-state index in [4.69, 9.17) is 15.2 Å². The molecule has 0 saturated carbocycles. The molecular weight excluding hydrogens is 268 g/mol. The second-order valence-corrected chi connectivity index (χ2v) is 4.56. The van der Waals surface area contributed by atoms with Gasteiger partial charge in [0.25, 0.3) is 0 Å². The molecule has 0 atom stereocenters. The molecule has 2 N–H and O–H groups in total. The van der Waals surface area contributed by atoms with E-state index in [2.05, 4.69) is 9.97 Å². The van der Waals surface area contributed by atoms with Crippen molar-refractivity contribution in [2.24, 2.45) is 0 Å². The van der Waals surface area contributed by atoms with E-state index in [0.29, 0.717) is 30.5 Å². The van der Waals surface area contributed by atoms with Gasteiger partial charge in [0.05, 0.1) is 13.7 Å². The zero-order valence-corrected chi connectivity index (χ0v) is 12.5. The van der Waals surface area contributed by atoms with Gasteiger partial charge in [0.1, 0.15) is 17.8 Å². The highest BCUT2D eigenvalue weighted by molar-refractivity contribution is 5.67. The Morgan fingerprint density at radius 3 is 2.81 bits per heavy atom. The molecule has 0 bridgehead atoms. The van der Waals surface area contributed by atoms with Crippen molar-refractivity contribution < 1.29 is 9.47 Å². The largest absolute Gasteiger partial charge is 0.497 e. The number of hydrogen-bond donors (Lipinski definition) is 1. The third-order valence-electron chi connectivity index (χ3n) is 3.02. The summed E-state index contributed by atoms with van der Waals surface area (Å²) in [7, 11) is 3.58. The molecule has 112 valence electrons. The highest BCUT2D eigenvalue weighted by Gasteiger charge is 2.13. The monoisotopic (exact) mass is 288 g/mol. The van der Waals surface area contributed by atoms with Gasteiger partial charge in [0, 0.05) is 13.6 Å². The minimum atomic E-state index is 0.417. The quantitative estimate of drug-likeness (QED) is 0.877. The summed E-state index contributed by atoms with van der Waals surface area (Å²) in [5.41, 5.74) is 7.62. The van der Waals surface area contributed by atoms with E-state index >= 15 is 0 Å². The van der Waals surface area contributed by atoms with Gasteiger partial charge in [-0.1, -0.05) is 12.1 Å². The van der Waals surface area contributed by atoms with Crippen LogP contribution in [0, 0.1) is 0 Å². The number of nitrogens with two attached hydrogens (primary N) is 1. The van der Waals surface area contributed by atoms with Crippen molar-refractivity contribution in [2.75, 3.05) is 31.4 Å². The number of rotatable bonds is 6. The maximum absolute atomic E-state index is 6.06. The van der Waals surface area contributed by atoms with Crippen LogP contribution in [0.4, 0.5) is 11.5 Å². The zero-order chi connectivity index (χ0) is 15.2. The molecular formula is C15H20N4O2. The van der Waals surface area contributed by atoms with Gasteiger partial charge in [-0.3, -0.25) is 0 Å². The average Bonchev–Trinajstić information content (AvgIpc) is 2.49.